The number of allylic oxidation sites excluding steroid dienone is 1. The maximum Gasteiger partial charge on any atom is 0.336 e. The van der Waals surface area contributed by atoms with E-state index in [1.807, 2.05) is 0 Å². The van der Waals surface area contributed by atoms with Crippen molar-refractivity contribution in [2.24, 2.45) is 0 Å². The zero-order chi connectivity index (χ0) is 21.0. The molecule has 0 spiro atoms. The number of epoxide rings is 1. The fraction of sp³-hybridized carbons (Fsp3) is 0.458. The lowest BCUT2D eigenvalue weighted by molar-refractivity contribution is 0.293. The minimum Gasteiger partial charge on any atom is -0.493 e. The molecular weight excluding hydrogens is 384 g/mol. The Hall–Kier alpha value is -2.73. The molecule has 2 aromatic rings. The molecule has 3 aliphatic rings. The summed E-state index contributed by atoms with van der Waals surface area (Å²) >= 11 is 0. The number of rotatable bonds is 5. The number of benzene rings is 1. The highest BCUT2D eigenvalue weighted by molar-refractivity contribution is 5.88. The van der Waals surface area contributed by atoms with Gasteiger partial charge in [-0.15, -0.1) is 0 Å². The van der Waals surface area contributed by atoms with Crippen molar-refractivity contribution in [2.45, 2.75) is 51.2 Å². The van der Waals surface area contributed by atoms with Crippen LogP contribution in [0.3, 0.4) is 0 Å². The average molecular weight is 410 g/mol. The number of ether oxygens (including phenoxy) is 4. The summed E-state index contributed by atoms with van der Waals surface area (Å²) in [4.78, 5) is 11.8. The van der Waals surface area contributed by atoms with Gasteiger partial charge >= 0.3 is 5.63 Å². The Labute approximate surface area is 175 Å². The van der Waals surface area contributed by atoms with Crippen LogP contribution in [0.4, 0.5) is 0 Å². The van der Waals surface area contributed by atoms with Crippen LogP contribution in [0, 0.1) is 0 Å². The lowest BCUT2D eigenvalue weighted by atomic mass is 9.74. The quantitative estimate of drug-likeness (QED) is 0.532. The van der Waals surface area contributed by atoms with Gasteiger partial charge in [-0.25, -0.2) is 4.79 Å². The van der Waals surface area contributed by atoms with Crippen LogP contribution in [0.25, 0.3) is 11.0 Å². The molecule has 0 bridgehead atoms. The minimum absolute atomic E-state index is 0.0821. The van der Waals surface area contributed by atoms with E-state index in [-0.39, 0.29) is 5.60 Å². The maximum absolute atomic E-state index is 11.8. The second-order valence-electron chi connectivity index (χ2n) is 8.37. The Morgan fingerprint density at radius 2 is 1.97 bits per heavy atom. The van der Waals surface area contributed by atoms with Crippen molar-refractivity contribution in [1.82, 2.24) is 0 Å². The van der Waals surface area contributed by atoms with Crippen molar-refractivity contribution in [1.29, 1.82) is 0 Å². The number of hydrogen-bond acceptors (Lipinski definition) is 6. The largest absolute Gasteiger partial charge is 0.493 e. The highest BCUT2D eigenvalue weighted by atomic mass is 16.6. The molecule has 0 saturated carbocycles. The van der Waals surface area contributed by atoms with Gasteiger partial charge in [-0.2, -0.15) is 0 Å². The first-order chi connectivity index (χ1) is 14.5. The van der Waals surface area contributed by atoms with E-state index < -0.39 is 5.63 Å². The van der Waals surface area contributed by atoms with Crippen molar-refractivity contribution in [2.75, 3.05) is 20.8 Å². The van der Waals surface area contributed by atoms with Crippen molar-refractivity contribution in [3.8, 4) is 17.2 Å². The third-order valence-electron chi connectivity index (χ3n) is 6.77. The fourth-order valence-electron chi connectivity index (χ4n) is 5.01. The highest BCUT2D eigenvalue weighted by Gasteiger charge is 2.57. The van der Waals surface area contributed by atoms with E-state index in [0.29, 0.717) is 40.9 Å². The maximum atomic E-state index is 11.8. The lowest BCUT2D eigenvalue weighted by Crippen LogP contribution is -2.25. The van der Waals surface area contributed by atoms with Crippen molar-refractivity contribution < 1.29 is 23.4 Å². The molecule has 6 heteroatoms. The van der Waals surface area contributed by atoms with Crippen LogP contribution in [0.1, 0.15) is 39.5 Å². The number of fused-ring (bicyclic) bond motifs is 3. The highest BCUT2D eigenvalue weighted by Crippen LogP contribution is 2.55. The van der Waals surface area contributed by atoms with Crippen LogP contribution in [0.15, 0.2) is 49.7 Å². The van der Waals surface area contributed by atoms with Crippen LogP contribution >= 0.6 is 0 Å². The van der Waals surface area contributed by atoms with Gasteiger partial charge in [0.2, 0.25) is 11.5 Å². The summed E-state index contributed by atoms with van der Waals surface area (Å²) in [5.74, 6) is 1.35. The molecule has 2 aliphatic carbocycles. The van der Waals surface area contributed by atoms with Gasteiger partial charge in [0.05, 0.1) is 20.3 Å². The third kappa shape index (κ3) is 2.85. The van der Waals surface area contributed by atoms with Crippen LogP contribution in [-0.4, -0.2) is 32.5 Å². The zero-order valence-electron chi connectivity index (χ0n) is 17.8. The Kier molecular flexibility index (Phi) is 4.43. The summed E-state index contributed by atoms with van der Waals surface area (Å²) in [6.07, 6.45) is 4.53. The summed E-state index contributed by atoms with van der Waals surface area (Å²) in [7, 11) is 3.12. The van der Waals surface area contributed by atoms with E-state index in [1.54, 1.807) is 19.2 Å². The third-order valence-corrected chi connectivity index (χ3v) is 6.77. The first-order valence-corrected chi connectivity index (χ1v) is 10.4. The monoisotopic (exact) mass is 410 g/mol. The second kappa shape index (κ2) is 6.91. The molecule has 1 aromatic heterocycles. The molecular formula is C24H26O6. The van der Waals surface area contributed by atoms with E-state index >= 15 is 0 Å². The minimum atomic E-state index is -0.438. The summed E-state index contributed by atoms with van der Waals surface area (Å²) in [5.41, 5.74) is 5.25. The van der Waals surface area contributed by atoms with Gasteiger partial charge in [0.1, 0.15) is 12.2 Å². The van der Waals surface area contributed by atoms with Gasteiger partial charge in [0, 0.05) is 11.5 Å². The SMILES string of the molecule is COc1cc2ccc(=O)oc2c(OC)c1OCC1=C(C)CCC2=C1CCC1OC21C. The van der Waals surface area contributed by atoms with Gasteiger partial charge in [0.15, 0.2) is 11.3 Å². The molecule has 158 valence electrons. The van der Waals surface area contributed by atoms with Crippen molar-refractivity contribution in [3.63, 3.8) is 0 Å². The zero-order valence-corrected chi connectivity index (χ0v) is 17.8. The number of hydrogen-bond donors (Lipinski definition) is 0. The first kappa shape index (κ1) is 19.2. The van der Waals surface area contributed by atoms with Gasteiger partial charge in [-0.1, -0.05) is 5.57 Å². The average Bonchev–Trinajstić information content (AvgIpc) is 3.43. The smallest absolute Gasteiger partial charge is 0.336 e. The first-order valence-electron chi connectivity index (χ1n) is 10.4. The normalized spacial score (nSPS) is 25.1. The van der Waals surface area contributed by atoms with E-state index in [1.165, 1.54) is 35.5 Å². The molecule has 0 N–H and O–H groups in total. The van der Waals surface area contributed by atoms with E-state index in [9.17, 15) is 4.79 Å². The molecule has 0 amide bonds. The number of methoxy groups -OCH3 is 2. The van der Waals surface area contributed by atoms with Crippen molar-refractivity contribution in [3.05, 3.63) is 50.9 Å². The molecule has 30 heavy (non-hydrogen) atoms. The molecule has 2 atom stereocenters. The Morgan fingerprint density at radius 3 is 2.73 bits per heavy atom. The van der Waals surface area contributed by atoms with E-state index in [4.69, 9.17) is 23.4 Å². The Morgan fingerprint density at radius 1 is 1.13 bits per heavy atom. The van der Waals surface area contributed by atoms with Crippen LogP contribution in [0.5, 0.6) is 17.2 Å². The second-order valence-corrected chi connectivity index (χ2v) is 8.37. The summed E-state index contributed by atoms with van der Waals surface area (Å²) in [5, 5.41) is 0.714. The molecule has 1 aromatic carbocycles. The summed E-state index contributed by atoms with van der Waals surface area (Å²) in [6, 6.07) is 4.87. The predicted molar refractivity (Wildman–Crippen MR) is 113 cm³/mol. The van der Waals surface area contributed by atoms with E-state index in [2.05, 4.69) is 13.8 Å². The molecule has 1 aliphatic heterocycles. The van der Waals surface area contributed by atoms with Gasteiger partial charge in [-0.05, 0) is 68.4 Å². The summed E-state index contributed by atoms with van der Waals surface area (Å²) < 4.78 is 28.9. The molecule has 2 unspecified atom stereocenters. The molecule has 5 rings (SSSR count). The fourth-order valence-corrected chi connectivity index (χ4v) is 5.01. The van der Waals surface area contributed by atoms with Crippen LogP contribution in [-0.2, 0) is 4.74 Å². The molecule has 6 nitrogen and oxygen atoms in total. The topological polar surface area (TPSA) is 70.4 Å². The Balaban J connectivity index is 1.53. The summed E-state index contributed by atoms with van der Waals surface area (Å²) in [6.45, 7) is 4.79. The standard InChI is InChI=1S/C24H26O6/c1-13-5-8-17-15(7-9-19-24(17,2)30-19)16(13)12-28-22-18(26-3)11-14-6-10-20(25)29-21(14)23(22)27-4/h6,10-11,19H,5,7-9,12H2,1-4H3. The van der Waals surface area contributed by atoms with Gasteiger partial charge in [-0.3, -0.25) is 0 Å². The molecule has 1 saturated heterocycles. The molecule has 1 fully saturated rings. The molecule has 0 radical (unpaired) electrons. The molecule has 2 heterocycles. The van der Waals surface area contributed by atoms with E-state index in [0.717, 1.165) is 25.7 Å². The Bertz CT molecular complexity index is 1150. The lowest BCUT2D eigenvalue weighted by Gasteiger charge is -2.30. The van der Waals surface area contributed by atoms with Gasteiger partial charge < -0.3 is 23.4 Å². The van der Waals surface area contributed by atoms with Crippen LogP contribution in [0.2, 0.25) is 0 Å². The predicted octanol–water partition coefficient (Wildman–Crippen LogP) is 4.55. The van der Waals surface area contributed by atoms with Crippen LogP contribution < -0.4 is 19.8 Å². The van der Waals surface area contributed by atoms with Crippen molar-refractivity contribution >= 4 is 11.0 Å². The van der Waals surface area contributed by atoms with Gasteiger partial charge in [0.25, 0.3) is 0 Å².